The SMILES string of the molecule is C[N+](C)(CCCCCC(=O)Oc1ccc([N+](=O)[O-])cc1)CCOP(=O)([O-])O. The van der Waals surface area contributed by atoms with Crippen molar-refractivity contribution in [2.75, 3.05) is 33.8 Å². The molecule has 0 saturated carbocycles. The van der Waals surface area contributed by atoms with Crippen LogP contribution in [0.5, 0.6) is 5.75 Å². The second-order valence-electron chi connectivity index (χ2n) is 6.72. The number of hydrogen-bond acceptors (Lipinski definition) is 7. The summed E-state index contributed by atoms with van der Waals surface area (Å²) in [6.07, 6.45) is 2.48. The maximum absolute atomic E-state index is 11.8. The second kappa shape index (κ2) is 10.5. The molecule has 0 aliphatic heterocycles. The fourth-order valence-corrected chi connectivity index (χ4v) is 2.63. The van der Waals surface area contributed by atoms with Crippen molar-refractivity contribution in [3.8, 4) is 5.75 Å². The van der Waals surface area contributed by atoms with Crippen LogP contribution in [0.4, 0.5) is 5.69 Å². The maximum Gasteiger partial charge on any atom is 0.311 e. The Hall–Kier alpha value is -1.84. The van der Waals surface area contributed by atoms with Gasteiger partial charge in [-0.3, -0.25) is 19.5 Å². The Labute approximate surface area is 157 Å². The molecule has 1 unspecified atom stereocenters. The molecule has 0 heterocycles. The van der Waals surface area contributed by atoms with E-state index < -0.39 is 18.7 Å². The lowest BCUT2D eigenvalue weighted by molar-refractivity contribution is -0.890. The van der Waals surface area contributed by atoms with Gasteiger partial charge in [-0.1, -0.05) is 0 Å². The van der Waals surface area contributed by atoms with E-state index in [0.29, 0.717) is 17.4 Å². The quantitative estimate of drug-likeness (QED) is 0.105. The highest BCUT2D eigenvalue weighted by atomic mass is 31.2. The standard InChI is InChI=1S/C16H25N2O8P/c1-18(2,12-13-25-27(22,23)24)11-5-3-4-6-16(19)26-15-9-7-14(8-10-15)17(20)21/h7-10H,3-6,11-13H2,1-2H3,(H-,22,23,24). The number of phosphoric acid groups is 1. The van der Waals surface area contributed by atoms with Gasteiger partial charge in [0.2, 0.25) is 0 Å². The van der Waals surface area contributed by atoms with E-state index in [4.69, 9.17) is 9.63 Å². The zero-order valence-electron chi connectivity index (χ0n) is 15.4. The number of nitrogens with zero attached hydrogens (tertiary/aromatic N) is 2. The van der Waals surface area contributed by atoms with Gasteiger partial charge in [-0.15, -0.1) is 0 Å². The number of nitro groups is 1. The van der Waals surface area contributed by atoms with E-state index >= 15 is 0 Å². The van der Waals surface area contributed by atoms with Gasteiger partial charge in [0, 0.05) is 18.6 Å². The summed E-state index contributed by atoms with van der Waals surface area (Å²) < 4.78 is 20.5. The van der Waals surface area contributed by atoms with E-state index in [1.165, 1.54) is 24.3 Å². The molecular formula is C16H25N2O8P. The number of carbonyl (C=O) groups excluding carboxylic acids is 1. The molecule has 0 radical (unpaired) electrons. The number of hydrogen-bond donors (Lipinski definition) is 1. The third kappa shape index (κ3) is 10.8. The van der Waals surface area contributed by atoms with E-state index in [-0.39, 0.29) is 24.5 Å². The number of ether oxygens (including phenoxy) is 1. The molecule has 1 atom stereocenters. The third-order valence-electron chi connectivity index (χ3n) is 3.87. The first kappa shape index (κ1) is 23.2. The molecule has 11 heteroatoms. The Morgan fingerprint density at radius 2 is 1.81 bits per heavy atom. The Morgan fingerprint density at radius 3 is 2.37 bits per heavy atom. The molecule has 0 spiro atoms. The topological polar surface area (TPSA) is 139 Å². The van der Waals surface area contributed by atoms with E-state index in [2.05, 4.69) is 4.52 Å². The summed E-state index contributed by atoms with van der Waals surface area (Å²) >= 11 is 0. The van der Waals surface area contributed by atoms with Crippen molar-refractivity contribution in [2.24, 2.45) is 0 Å². The first-order chi connectivity index (χ1) is 12.5. The van der Waals surface area contributed by atoms with Crippen LogP contribution in [0.25, 0.3) is 0 Å². The number of carbonyl (C=O) groups is 1. The van der Waals surface area contributed by atoms with Crippen LogP contribution in [0.3, 0.4) is 0 Å². The lowest BCUT2D eigenvalue weighted by atomic mass is 10.2. The summed E-state index contributed by atoms with van der Waals surface area (Å²) in [5.41, 5.74) is -0.0713. The van der Waals surface area contributed by atoms with Gasteiger partial charge in [0.1, 0.15) is 18.9 Å². The van der Waals surface area contributed by atoms with E-state index in [1.54, 1.807) is 0 Å². The zero-order chi connectivity index (χ0) is 20.5. The molecule has 0 saturated heterocycles. The molecule has 1 rings (SSSR count). The maximum atomic E-state index is 11.8. The van der Waals surface area contributed by atoms with Gasteiger partial charge in [0.05, 0.1) is 25.6 Å². The summed E-state index contributed by atoms with van der Waals surface area (Å²) in [5.74, 6) is -0.136. The van der Waals surface area contributed by atoms with Crippen molar-refractivity contribution < 1.29 is 37.8 Å². The molecule has 1 aromatic carbocycles. The number of phosphoric ester groups is 1. The van der Waals surface area contributed by atoms with Crippen LogP contribution in [0.1, 0.15) is 25.7 Å². The van der Waals surface area contributed by atoms with Gasteiger partial charge >= 0.3 is 5.97 Å². The molecule has 0 fully saturated rings. The van der Waals surface area contributed by atoms with Crippen LogP contribution in [-0.2, 0) is 13.9 Å². The van der Waals surface area contributed by atoms with Crippen molar-refractivity contribution in [3.05, 3.63) is 34.4 Å². The van der Waals surface area contributed by atoms with Crippen molar-refractivity contribution in [2.45, 2.75) is 25.7 Å². The Balaban J connectivity index is 2.20. The average molecular weight is 404 g/mol. The van der Waals surface area contributed by atoms with Crippen molar-refractivity contribution in [1.29, 1.82) is 0 Å². The summed E-state index contributed by atoms with van der Waals surface area (Å²) in [6, 6.07) is 5.31. The molecule has 27 heavy (non-hydrogen) atoms. The number of likely N-dealkylation sites (N-methyl/N-ethyl adjacent to an activating group) is 1. The first-order valence-electron chi connectivity index (χ1n) is 8.44. The van der Waals surface area contributed by atoms with Crippen LogP contribution < -0.4 is 9.63 Å². The molecule has 0 bridgehead atoms. The molecular weight excluding hydrogens is 379 g/mol. The number of nitro benzene ring substituents is 1. The zero-order valence-corrected chi connectivity index (χ0v) is 16.3. The fraction of sp³-hybridized carbons (Fsp3) is 0.562. The minimum Gasteiger partial charge on any atom is -0.756 e. The summed E-state index contributed by atoms with van der Waals surface area (Å²) in [6.45, 7) is 1.09. The predicted molar refractivity (Wildman–Crippen MR) is 94.8 cm³/mol. The third-order valence-corrected chi connectivity index (χ3v) is 4.38. The van der Waals surface area contributed by atoms with Crippen LogP contribution in [-0.4, -0.2) is 54.1 Å². The minimum absolute atomic E-state index is 0.0713. The molecule has 0 amide bonds. The Kier molecular flexibility index (Phi) is 9.01. The van der Waals surface area contributed by atoms with Crippen molar-refractivity contribution in [1.82, 2.24) is 0 Å². The summed E-state index contributed by atoms with van der Waals surface area (Å²) in [7, 11) is -0.849. The van der Waals surface area contributed by atoms with E-state index in [9.17, 15) is 24.4 Å². The first-order valence-corrected chi connectivity index (χ1v) is 9.93. The molecule has 0 aromatic heterocycles. The van der Waals surface area contributed by atoms with Gasteiger partial charge in [-0.05, 0) is 31.4 Å². The number of benzene rings is 1. The number of esters is 1. The smallest absolute Gasteiger partial charge is 0.311 e. The molecule has 0 aliphatic rings. The van der Waals surface area contributed by atoms with Crippen LogP contribution in [0.15, 0.2) is 24.3 Å². The lowest BCUT2D eigenvalue weighted by Gasteiger charge is -2.30. The van der Waals surface area contributed by atoms with Crippen LogP contribution >= 0.6 is 7.82 Å². The van der Waals surface area contributed by atoms with Crippen LogP contribution in [0, 0.1) is 10.1 Å². The van der Waals surface area contributed by atoms with Gasteiger partial charge in [0.25, 0.3) is 13.5 Å². The fourth-order valence-electron chi connectivity index (χ4n) is 2.32. The highest BCUT2D eigenvalue weighted by molar-refractivity contribution is 7.44. The Morgan fingerprint density at radius 1 is 1.19 bits per heavy atom. The lowest BCUT2D eigenvalue weighted by Crippen LogP contribution is -2.43. The number of non-ortho nitro benzene ring substituents is 1. The minimum atomic E-state index is -4.68. The highest BCUT2D eigenvalue weighted by Crippen LogP contribution is 2.29. The monoisotopic (exact) mass is 404 g/mol. The summed E-state index contributed by atoms with van der Waals surface area (Å²) in [4.78, 5) is 40.9. The molecule has 1 N–H and O–H groups in total. The van der Waals surface area contributed by atoms with Crippen molar-refractivity contribution in [3.63, 3.8) is 0 Å². The highest BCUT2D eigenvalue weighted by Gasteiger charge is 2.16. The van der Waals surface area contributed by atoms with Gasteiger partial charge < -0.3 is 23.5 Å². The number of quaternary nitrogens is 1. The average Bonchev–Trinajstić information content (AvgIpc) is 2.53. The largest absolute Gasteiger partial charge is 0.756 e. The second-order valence-corrected chi connectivity index (χ2v) is 7.92. The van der Waals surface area contributed by atoms with Gasteiger partial charge in [-0.2, -0.15) is 0 Å². The Bertz CT molecular complexity index is 672. The number of unbranched alkanes of at least 4 members (excludes halogenated alkanes) is 2. The van der Waals surface area contributed by atoms with E-state index in [0.717, 1.165) is 19.4 Å². The number of rotatable bonds is 12. The summed E-state index contributed by atoms with van der Waals surface area (Å²) in [5, 5.41) is 10.6. The molecule has 1 aromatic rings. The molecule has 10 nitrogen and oxygen atoms in total. The molecule has 152 valence electrons. The predicted octanol–water partition coefficient (Wildman–Crippen LogP) is 1.61. The molecule has 0 aliphatic carbocycles. The van der Waals surface area contributed by atoms with Crippen molar-refractivity contribution >= 4 is 19.5 Å². The normalized spacial score (nSPS) is 13.8. The van der Waals surface area contributed by atoms with Gasteiger partial charge in [0.15, 0.2) is 0 Å². The van der Waals surface area contributed by atoms with Crippen LogP contribution in [0.2, 0.25) is 0 Å². The van der Waals surface area contributed by atoms with E-state index in [1.807, 2.05) is 14.1 Å². The van der Waals surface area contributed by atoms with Gasteiger partial charge in [-0.25, -0.2) is 0 Å².